The smallest absolute Gasteiger partial charge is 0.348 e. The number of alkyl halides is 1. The number of hydrogen-bond acceptors (Lipinski definition) is 3. The van der Waals surface area contributed by atoms with Gasteiger partial charge in [-0.25, -0.2) is 4.79 Å². The van der Waals surface area contributed by atoms with E-state index < -0.39 is 3.61 Å². The topological polar surface area (TPSA) is 35.5 Å². The highest BCUT2D eigenvalue weighted by atomic mass is 127. The molecule has 10 heavy (non-hydrogen) atoms. The van der Waals surface area contributed by atoms with Gasteiger partial charge in [0.15, 0.2) is 0 Å². The zero-order chi connectivity index (χ0) is 8.20. The van der Waals surface area contributed by atoms with Crippen LogP contribution in [-0.2, 0) is 14.3 Å². The normalized spacial score (nSPS) is 16.0. The Hall–Kier alpha value is 0.160. The molecule has 0 aromatic heterocycles. The van der Waals surface area contributed by atoms with Gasteiger partial charge in [0.05, 0.1) is 6.61 Å². The van der Waals surface area contributed by atoms with Crippen molar-refractivity contribution in [3.63, 3.8) is 0 Å². The first-order chi connectivity index (χ1) is 4.54. The quantitative estimate of drug-likeness (QED) is 0.435. The molecular formula is C6H11IO3. The van der Waals surface area contributed by atoms with Crippen molar-refractivity contribution in [2.45, 2.75) is 17.5 Å². The average molecular weight is 258 g/mol. The van der Waals surface area contributed by atoms with Gasteiger partial charge in [0.1, 0.15) is 0 Å². The van der Waals surface area contributed by atoms with Crippen LogP contribution < -0.4 is 0 Å². The van der Waals surface area contributed by atoms with Crippen LogP contribution in [0.25, 0.3) is 0 Å². The standard InChI is InChI=1S/C6H11IO3/c1-4-10-5(8)6(2,7)9-3/h4H2,1-3H3. The molecule has 0 spiro atoms. The number of halogens is 1. The molecule has 1 unspecified atom stereocenters. The zero-order valence-electron chi connectivity index (χ0n) is 6.31. The van der Waals surface area contributed by atoms with Crippen molar-refractivity contribution in [1.82, 2.24) is 0 Å². The second kappa shape index (κ2) is 4.12. The van der Waals surface area contributed by atoms with Gasteiger partial charge in [-0.05, 0) is 36.4 Å². The van der Waals surface area contributed by atoms with Gasteiger partial charge < -0.3 is 9.47 Å². The molecule has 0 aromatic carbocycles. The van der Waals surface area contributed by atoms with Gasteiger partial charge in [0.25, 0.3) is 0 Å². The maximum Gasteiger partial charge on any atom is 0.348 e. The Kier molecular flexibility index (Phi) is 4.19. The van der Waals surface area contributed by atoms with Crippen molar-refractivity contribution in [3.05, 3.63) is 0 Å². The van der Waals surface area contributed by atoms with Crippen LogP contribution >= 0.6 is 22.6 Å². The minimum Gasteiger partial charge on any atom is -0.463 e. The van der Waals surface area contributed by atoms with Crippen LogP contribution in [-0.4, -0.2) is 23.3 Å². The van der Waals surface area contributed by atoms with Gasteiger partial charge in [-0.1, -0.05) is 0 Å². The van der Waals surface area contributed by atoms with Crippen LogP contribution in [0.3, 0.4) is 0 Å². The van der Waals surface area contributed by atoms with Gasteiger partial charge in [0.2, 0.25) is 3.61 Å². The number of carbonyl (C=O) groups is 1. The summed E-state index contributed by atoms with van der Waals surface area (Å²) >= 11 is 1.89. The number of esters is 1. The fraction of sp³-hybridized carbons (Fsp3) is 0.833. The van der Waals surface area contributed by atoms with E-state index in [1.807, 2.05) is 22.6 Å². The number of rotatable bonds is 3. The molecule has 0 fully saturated rings. The summed E-state index contributed by atoms with van der Waals surface area (Å²) in [6.45, 7) is 3.81. The SMILES string of the molecule is CCOC(=O)C(C)(I)OC. The van der Waals surface area contributed by atoms with Crippen LogP contribution in [0.5, 0.6) is 0 Å². The third kappa shape index (κ3) is 2.83. The van der Waals surface area contributed by atoms with Crippen molar-refractivity contribution < 1.29 is 14.3 Å². The summed E-state index contributed by atoms with van der Waals surface area (Å²) in [5, 5.41) is 0. The number of hydrogen-bond donors (Lipinski definition) is 0. The molecule has 0 saturated heterocycles. The molecule has 0 aliphatic carbocycles. The Labute approximate surface area is 74.2 Å². The molecule has 0 N–H and O–H groups in total. The molecule has 0 amide bonds. The Bertz CT molecular complexity index is 122. The van der Waals surface area contributed by atoms with E-state index in [1.165, 1.54) is 7.11 Å². The summed E-state index contributed by atoms with van der Waals surface area (Å²) in [7, 11) is 1.48. The Morgan fingerprint density at radius 3 is 2.50 bits per heavy atom. The van der Waals surface area contributed by atoms with E-state index in [9.17, 15) is 4.79 Å². The molecule has 0 aliphatic heterocycles. The molecule has 4 heteroatoms. The Balaban J connectivity index is 3.91. The lowest BCUT2D eigenvalue weighted by Crippen LogP contribution is -2.32. The van der Waals surface area contributed by atoms with Gasteiger partial charge in [-0.3, -0.25) is 0 Å². The number of ether oxygens (including phenoxy) is 2. The van der Waals surface area contributed by atoms with Gasteiger partial charge in [0, 0.05) is 7.11 Å². The molecule has 0 heterocycles. The van der Waals surface area contributed by atoms with E-state index in [1.54, 1.807) is 13.8 Å². The maximum atomic E-state index is 10.9. The van der Waals surface area contributed by atoms with E-state index in [0.717, 1.165) is 0 Å². The monoisotopic (exact) mass is 258 g/mol. The first-order valence-electron chi connectivity index (χ1n) is 2.96. The molecule has 0 aliphatic rings. The van der Waals surface area contributed by atoms with Gasteiger partial charge >= 0.3 is 5.97 Å². The van der Waals surface area contributed by atoms with Crippen molar-refractivity contribution >= 4 is 28.6 Å². The molecule has 0 bridgehead atoms. The summed E-state index contributed by atoms with van der Waals surface area (Å²) in [6.07, 6.45) is 0. The van der Waals surface area contributed by atoms with E-state index in [-0.39, 0.29) is 5.97 Å². The molecular weight excluding hydrogens is 247 g/mol. The van der Waals surface area contributed by atoms with Crippen LogP contribution in [0.15, 0.2) is 0 Å². The lowest BCUT2D eigenvalue weighted by Gasteiger charge is -2.17. The third-order valence-electron chi connectivity index (χ3n) is 1.02. The van der Waals surface area contributed by atoms with Crippen molar-refractivity contribution in [2.24, 2.45) is 0 Å². The molecule has 0 aromatic rings. The fourth-order valence-electron chi connectivity index (χ4n) is 0.343. The van der Waals surface area contributed by atoms with Crippen molar-refractivity contribution in [1.29, 1.82) is 0 Å². The molecule has 0 saturated carbocycles. The molecule has 0 rings (SSSR count). The van der Waals surface area contributed by atoms with Gasteiger partial charge in [-0.15, -0.1) is 0 Å². The van der Waals surface area contributed by atoms with E-state index >= 15 is 0 Å². The molecule has 0 radical (unpaired) electrons. The van der Waals surface area contributed by atoms with Crippen molar-refractivity contribution in [2.75, 3.05) is 13.7 Å². The lowest BCUT2D eigenvalue weighted by molar-refractivity contribution is -0.155. The number of methoxy groups -OCH3 is 1. The van der Waals surface area contributed by atoms with E-state index in [2.05, 4.69) is 0 Å². The highest BCUT2D eigenvalue weighted by Gasteiger charge is 2.30. The average Bonchev–Trinajstić information content (AvgIpc) is 1.89. The first kappa shape index (κ1) is 10.2. The largest absolute Gasteiger partial charge is 0.463 e. The highest BCUT2D eigenvalue weighted by Crippen LogP contribution is 2.19. The molecule has 60 valence electrons. The minimum absolute atomic E-state index is 0.335. The molecule has 1 atom stereocenters. The summed E-state index contributed by atoms with van der Waals surface area (Å²) < 4.78 is 8.75. The summed E-state index contributed by atoms with van der Waals surface area (Å²) in [6, 6.07) is 0. The lowest BCUT2D eigenvalue weighted by atomic mass is 10.4. The first-order valence-corrected chi connectivity index (χ1v) is 4.03. The van der Waals surface area contributed by atoms with Crippen LogP contribution in [0, 0.1) is 0 Å². The Morgan fingerprint density at radius 2 is 2.20 bits per heavy atom. The fourth-order valence-corrected chi connectivity index (χ4v) is 0.499. The van der Waals surface area contributed by atoms with Gasteiger partial charge in [-0.2, -0.15) is 0 Å². The van der Waals surface area contributed by atoms with Crippen LogP contribution in [0.2, 0.25) is 0 Å². The zero-order valence-corrected chi connectivity index (χ0v) is 8.47. The van der Waals surface area contributed by atoms with Crippen LogP contribution in [0.1, 0.15) is 13.8 Å². The van der Waals surface area contributed by atoms with E-state index in [0.29, 0.717) is 6.61 Å². The second-order valence-corrected chi connectivity index (χ2v) is 3.90. The Morgan fingerprint density at radius 1 is 1.70 bits per heavy atom. The summed E-state index contributed by atoms with van der Waals surface area (Å²) in [5.41, 5.74) is 0. The maximum absolute atomic E-state index is 10.9. The number of carbonyl (C=O) groups excluding carboxylic acids is 1. The van der Waals surface area contributed by atoms with E-state index in [4.69, 9.17) is 9.47 Å². The van der Waals surface area contributed by atoms with Crippen LogP contribution in [0.4, 0.5) is 0 Å². The summed E-state index contributed by atoms with van der Waals surface area (Å²) in [5.74, 6) is -0.335. The minimum atomic E-state index is -0.840. The predicted molar refractivity (Wildman–Crippen MR) is 46.1 cm³/mol. The third-order valence-corrected chi connectivity index (χ3v) is 1.90. The summed E-state index contributed by atoms with van der Waals surface area (Å²) in [4.78, 5) is 10.9. The predicted octanol–water partition coefficient (Wildman–Crippen LogP) is 1.35. The second-order valence-electron chi connectivity index (χ2n) is 1.84. The van der Waals surface area contributed by atoms with Crippen molar-refractivity contribution in [3.8, 4) is 0 Å². The highest BCUT2D eigenvalue weighted by molar-refractivity contribution is 14.1. The molecule has 3 nitrogen and oxygen atoms in total.